The number of hydrogen-bond acceptors (Lipinski definition) is 2. The van der Waals surface area contributed by atoms with Crippen LogP contribution in [0.15, 0.2) is 24.3 Å². The lowest BCUT2D eigenvalue weighted by Crippen LogP contribution is -2.03. The first-order valence-electron chi connectivity index (χ1n) is 7.38. The molecule has 0 aliphatic rings. The largest absolute Gasteiger partial charge is 0.504 e. The predicted molar refractivity (Wildman–Crippen MR) is 82.9 cm³/mol. The van der Waals surface area contributed by atoms with Gasteiger partial charge in [-0.2, -0.15) is 5.10 Å². The Kier molecular flexibility index (Phi) is 4.48. The zero-order valence-corrected chi connectivity index (χ0v) is 12.8. The van der Waals surface area contributed by atoms with E-state index in [1.54, 1.807) is 0 Å². The molecule has 1 N–H and O–H groups in total. The van der Waals surface area contributed by atoms with Crippen molar-refractivity contribution in [2.75, 3.05) is 0 Å². The molecular weight excluding hydrogens is 248 g/mol. The van der Waals surface area contributed by atoms with Crippen molar-refractivity contribution in [3.8, 4) is 17.0 Å². The highest BCUT2D eigenvalue weighted by Crippen LogP contribution is 2.33. The molecule has 0 aliphatic heterocycles. The number of aryl methyl sites for hydroxylation is 2. The smallest absolute Gasteiger partial charge is 0.164 e. The fraction of sp³-hybridized carbons (Fsp3) is 0.471. The number of rotatable bonds is 5. The molecule has 1 aromatic heterocycles. The summed E-state index contributed by atoms with van der Waals surface area (Å²) in [7, 11) is 0. The molecule has 0 fully saturated rings. The van der Waals surface area contributed by atoms with E-state index in [1.807, 2.05) is 4.68 Å². The Labute approximate surface area is 121 Å². The van der Waals surface area contributed by atoms with Crippen LogP contribution in [0.25, 0.3) is 11.3 Å². The van der Waals surface area contributed by atoms with Crippen molar-refractivity contribution in [2.24, 2.45) is 5.92 Å². The summed E-state index contributed by atoms with van der Waals surface area (Å²) in [4.78, 5) is 0. The van der Waals surface area contributed by atoms with Crippen molar-refractivity contribution in [3.05, 3.63) is 35.5 Å². The highest BCUT2D eigenvalue weighted by Gasteiger charge is 2.18. The minimum absolute atomic E-state index is 0.344. The summed E-state index contributed by atoms with van der Waals surface area (Å²) in [5.41, 5.74) is 3.91. The minimum Gasteiger partial charge on any atom is -0.504 e. The molecule has 20 heavy (non-hydrogen) atoms. The van der Waals surface area contributed by atoms with Crippen molar-refractivity contribution in [3.63, 3.8) is 0 Å². The summed E-state index contributed by atoms with van der Waals surface area (Å²) in [6.45, 7) is 9.31. The van der Waals surface area contributed by atoms with Gasteiger partial charge in [-0.1, -0.05) is 50.6 Å². The van der Waals surface area contributed by atoms with E-state index in [0.717, 1.165) is 36.3 Å². The molecule has 0 unspecified atom stereocenters. The van der Waals surface area contributed by atoms with Crippen LogP contribution < -0.4 is 0 Å². The van der Waals surface area contributed by atoms with E-state index in [9.17, 15) is 5.11 Å². The van der Waals surface area contributed by atoms with Gasteiger partial charge in [0.1, 0.15) is 11.4 Å². The first-order chi connectivity index (χ1) is 9.52. The summed E-state index contributed by atoms with van der Waals surface area (Å²) in [6.07, 6.45) is 1.81. The van der Waals surface area contributed by atoms with Gasteiger partial charge in [0.15, 0.2) is 5.75 Å². The molecule has 1 heterocycles. The number of benzene rings is 1. The summed E-state index contributed by atoms with van der Waals surface area (Å²) < 4.78 is 1.94. The number of aromatic nitrogens is 2. The van der Waals surface area contributed by atoms with Crippen LogP contribution in [0.4, 0.5) is 0 Å². The third-order valence-electron chi connectivity index (χ3n) is 3.36. The van der Waals surface area contributed by atoms with Gasteiger partial charge in [0.05, 0.1) is 0 Å². The van der Waals surface area contributed by atoms with Crippen molar-refractivity contribution >= 4 is 0 Å². The summed E-state index contributed by atoms with van der Waals surface area (Å²) in [5.74, 6) is 0.827. The van der Waals surface area contributed by atoms with Crippen LogP contribution in [0.1, 0.15) is 38.4 Å². The molecule has 108 valence electrons. The van der Waals surface area contributed by atoms with Crippen LogP contribution >= 0.6 is 0 Å². The molecule has 3 nitrogen and oxygen atoms in total. The standard InChI is InChI=1S/C17H24N2O/c1-5-10-19-16(14-8-6-13(4)7-9-14)17(20)15(18-19)11-12(2)3/h6-9,12,20H,5,10-11H2,1-4H3. The van der Waals surface area contributed by atoms with Crippen LogP contribution in [0, 0.1) is 12.8 Å². The molecule has 2 aromatic rings. The second-order valence-corrected chi connectivity index (χ2v) is 5.83. The Bertz CT molecular complexity index is 567. The van der Waals surface area contributed by atoms with Crippen molar-refractivity contribution in [1.29, 1.82) is 0 Å². The van der Waals surface area contributed by atoms with E-state index >= 15 is 0 Å². The molecule has 0 bridgehead atoms. The van der Waals surface area contributed by atoms with E-state index in [2.05, 4.69) is 57.1 Å². The van der Waals surface area contributed by atoms with Crippen LogP contribution in [0.2, 0.25) is 0 Å². The molecule has 0 aliphatic carbocycles. The Morgan fingerprint density at radius 2 is 1.85 bits per heavy atom. The number of aromatic hydroxyl groups is 1. The third kappa shape index (κ3) is 3.03. The average Bonchev–Trinajstić information content (AvgIpc) is 2.67. The van der Waals surface area contributed by atoms with Gasteiger partial charge in [-0.25, -0.2) is 0 Å². The molecule has 0 saturated heterocycles. The van der Waals surface area contributed by atoms with E-state index in [-0.39, 0.29) is 0 Å². The van der Waals surface area contributed by atoms with Gasteiger partial charge < -0.3 is 5.11 Å². The zero-order chi connectivity index (χ0) is 14.7. The lowest BCUT2D eigenvalue weighted by molar-refractivity contribution is 0.464. The first kappa shape index (κ1) is 14.6. The minimum atomic E-state index is 0.344. The fourth-order valence-corrected chi connectivity index (χ4v) is 2.40. The average molecular weight is 272 g/mol. The lowest BCUT2D eigenvalue weighted by atomic mass is 10.0. The zero-order valence-electron chi connectivity index (χ0n) is 12.8. The fourth-order valence-electron chi connectivity index (χ4n) is 2.40. The normalized spacial score (nSPS) is 11.2. The Hall–Kier alpha value is -1.77. The molecule has 2 rings (SSSR count). The van der Waals surface area contributed by atoms with Crippen LogP contribution in [-0.4, -0.2) is 14.9 Å². The van der Waals surface area contributed by atoms with Gasteiger partial charge >= 0.3 is 0 Å². The van der Waals surface area contributed by atoms with Gasteiger partial charge in [-0.05, 0) is 25.7 Å². The van der Waals surface area contributed by atoms with E-state index < -0.39 is 0 Å². The first-order valence-corrected chi connectivity index (χ1v) is 7.38. The maximum atomic E-state index is 10.5. The summed E-state index contributed by atoms with van der Waals surface area (Å²) in [6, 6.07) is 8.25. The molecule has 3 heteroatoms. The topological polar surface area (TPSA) is 38.0 Å². The number of nitrogens with zero attached hydrogens (tertiary/aromatic N) is 2. The van der Waals surface area contributed by atoms with Gasteiger partial charge in [-0.3, -0.25) is 4.68 Å². The molecule has 0 atom stereocenters. The van der Waals surface area contributed by atoms with Gasteiger partial charge in [0.25, 0.3) is 0 Å². The quantitative estimate of drug-likeness (QED) is 0.887. The molecule has 0 radical (unpaired) electrons. The second-order valence-electron chi connectivity index (χ2n) is 5.83. The Morgan fingerprint density at radius 3 is 2.40 bits per heavy atom. The molecule has 1 aromatic carbocycles. The summed E-state index contributed by atoms with van der Waals surface area (Å²) >= 11 is 0. The van der Waals surface area contributed by atoms with E-state index in [0.29, 0.717) is 11.7 Å². The third-order valence-corrected chi connectivity index (χ3v) is 3.36. The van der Waals surface area contributed by atoms with Crippen molar-refractivity contribution in [1.82, 2.24) is 9.78 Å². The van der Waals surface area contributed by atoms with Gasteiger partial charge in [0.2, 0.25) is 0 Å². The van der Waals surface area contributed by atoms with Gasteiger partial charge in [0, 0.05) is 12.1 Å². The maximum Gasteiger partial charge on any atom is 0.164 e. The van der Waals surface area contributed by atoms with Crippen molar-refractivity contribution in [2.45, 2.75) is 47.1 Å². The monoisotopic (exact) mass is 272 g/mol. The Balaban J connectivity index is 2.48. The van der Waals surface area contributed by atoms with Crippen LogP contribution in [0.3, 0.4) is 0 Å². The van der Waals surface area contributed by atoms with Gasteiger partial charge in [-0.15, -0.1) is 0 Å². The SMILES string of the molecule is CCCn1nc(CC(C)C)c(O)c1-c1ccc(C)cc1. The van der Waals surface area contributed by atoms with Crippen molar-refractivity contribution < 1.29 is 5.11 Å². The van der Waals surface area contributed by atoms with E-state index in [1.165, 1.54) is 5.56 Å². The van der Waals surface area contributed by atoms with Crippen LogP contribution in [-0.2, 0) is 13.0 Å². The molecule has 0 spiro atoms. The van der Waals surface area contributed by atoms with Crippen LogP contribution in [0.5, 0.6) is 5.75 Å². The summed E-state index contributed by atoms with van der Waals surface area (Å²) in [5, 5.41) is 15.1. The lowest BCUT2D eigenvalue weighted by Gasteiger charge is -2.07. The second kappa shape index (κ2) is 6.12. The molecule has 0 saturated carbocycles. The maximum absolute atomic E-state index is 10.5. The molecule has 0 amide bonds. The van der Waals surface area contributed by atoms with E-state index in [4.69, 9.17) is 0 Å². The highest BCUT2D eigenvalue weighted by atomic mass is 16.3. The number of hydrogen-bond donors (Lipinski definition) is 1. The highest BCUT2D eigenvalue weighted by molar-refractivity contribution is 5.68. The Morgan fingerprint density at radius 1 is 1.20 bits per heavy atom. The molecular formula is C17H24N2O. The predicted octanol–water partition coefficient (Wildman–Crippen LogP) is 4.17.